The summed E-state index contributed by atoms with van der Waals surface area (Å²) in [4.78, 5) is 11.3. The Balaban J connectivity index is 2.94. The van der Waals surface area contributed by atoms with E-state index in [-0.39, 0.29) is 0 Å². The van der Waals surface area contributed by atoms with Crippen LogP contribution in [-0.2, 0) is 7.05 Å². The Kier molecular flexibility index (Phi) is 1.15. The van der Waals surface area contributed by atoms with Gasteiger partial charge in [0.2, 0.25) is 0 Å². The average molecular weight is 149 g/mol. The molecule has 56 valence electrons. The Morgan fingerprint density at radius 3 is 3.00 bits per heavy atom. The first-order valence-corrected chi connectivity index (χ1v) is 3.43. The molecule has 0 atom stereocenters. The first kappa shape index (κ1) is 6.27. The van der Waals surface area contributed by atoms with Crippen LogP contribution in [0.1, 0.15) is 5.69 Å². The molecule has 0 fully saturated rings. The quantitative estimate of drug-likeness (QED) is 0.539. The highest BCUT2D eigenvalue weighted by Gasteiger charge is 2.09. The van der Waals surface area contributed by atoms with Crippen LogP contribution in [0.15, 0.2) is 12.7 Å². The van der Waals surface area contributed by atoms with Crippen LogP contribution in [0.2, 0.25) is 0 Å². The number of fused-ring (bicyclic) bond motifs is 1. The second-order valence-electron chi connectivity index (χ2n) is 2.54. The van der Waals surface area contributed by atoms with Crippen molar-refractivity contribution in [3.63, 3.8) is 0 Å². The Morgan fingerprint density at radius 2 is 2.27 bits per heavy atom. The highest BCUT2D eigenvalue weighted by Crippen LogP contribution is 2.04. The first-order valence-electron chi connectivity index (χ1n) is 3.43. The third-order valence-corrected chi connectivity index (χ3v) is 1.75. The number of aromatic amines is 1. The largest absolute Gasteiger partial charge is 0.304 e. The van der Waals surface area contributed by atoms with Gasteiger partial charge < -0.3 is 0 Å². The monoisotopic (exact) mass is 149 g/mol. The molecular weight excluding hydrogens is 140 g/mol. The van der Waals surface area contributed by atoms with Gasteiger partial charge in [0, 0.05) is 0 Å². The zero-order valence-electron chi connectivity index (χ0n) is 6.50. The lowest BCUT2D eigenvalue weighted by Gasteiger charge is -1.85. The number of hydrogen-bond donors (Lipinski definition) is 1. The Labute approximate surface area is 63.9 Å². The van der Waals surface area contributed by atoms with E-state index in [9.17, 15) is 0 Å². The van der Waals surface area contributed by atoms with Gasteiger partial charge in [-0.3, -0.25) is 4.98 Å². The summed E-state index contributed by atoms with van der Waals surface area (Å²) < 4.78 is 1.93. The van der Waals surface area contributed by atoms with Crippen LogP contribution in [0.5, 0.6) is 0 Å². The topological polar surface area (TPSA) is 45.5 Å². The van der Waals surface area contributed by atoms with Crippen LogP contribution in [0.25, 0.3) is 11.2 Å². The lowest BCUT2D eigenvalue weighted by molar-refractivity contribution is -0.646. The summed E-state index contributed by atoms with van der Waals surface area (Å²) in [6, 6.07) is 0. The standard InChI is InChI=1S/C7H8N4/c1-5-6-7(9-3-8-5)11(2)4-10-6/h3-4H,1-2H3/p+1. The van der Waals surface area contributed by atoms with Gasteiger partial charge in [-0.25, -0.2) is 9.55 Å². The first-order chi connectivity index (χ1) is 5.29. The number of nitrogens with one attached hydrogen (secondary N) is 1. The molecule has 0 unspecified atom stereocenters. The number of aryl methyl sites for hydroxylation is 2. The number of hydrogen-bond acceptors (Lipinski definition) is 2. The number of H-pyrrole nitrogens is 1. The molecule has 0 amide bonds. The van der Waals surface area contributed by atoms with Crippen molar-refractivity contribution < 1.29 is 4.57 Å². The van der Waals surface area contributed by atoms with Gasteiger partial charge in [0.15, 0.2) is 18.2 Å². The summed E-state index contributed by atoms with van der Waals surface area (Å²) in [5, 5.41) is 0. The Morgan fingerprint density at radius 1 is 1.45 bits per heavy atom. The molecule has 2 aromatic rings. The lowest BCUT2D eigenvalue weighted by atomic mass is 10.4. The average Bonchev–Trinajstić information content (AvgIpc) is 2.35. The van der Waals surface area contributed by atoms with Crippen LogP contribution in [0.3, 0.4) is 0 Å². The predicted molar refractivity (Wildman–Crippen MR) is 39.8 cm³/mol. The van der Waals surface area contributed by atoms with Crippen LogP contribution in [-0.4, -0.2) is 15.0 Å². The second kappa shape index (κ2) is 2.02. The summed E-state index contributed by atoms with van der Waals surface area (Å²) in [5.74, 6) is 0. The molecule has 0 bridgehead atoms. The van der Waals surface area contributed by atoms with E-state index in [4.69, 9.17) is 0 Å². The molecule has 0 saturated heterocycles. The van der Waals surface area contributed by atoms with Gasteiger partial charge >= 0.3 is 5.65 Å². The van der Waals surface area contributed by atoms with E-state index in [1.54, 1.807) is 6.33 Å². The van der Waals surface area contributed by atoms with E-state index >= 15 is 0 Å². The molecule has 0 aromatic carbocycles. The summed E-state index contributed by atoms with van der Waals surface area (Å²) in [6.07, 6.45) is 3.44. The molecule has 0 aliphatic rings. The summed E-state index contributed by atoms with van der Waals surface area (Å²) in [6.45, 7) is 1.96. The summed E-state index contributed by atoms with van der Waals surface area (Å²) in [5.41, 5.74) is 2.93. The van der Waals surface area contributed by atoms with E-state index in [0.29, 0.717) is 0 Å². The molecule has 2 heterocycles. The fourth-order valence-corrected chi connectivity index (χ4v) is 1.12. The number of imidazole rings is 1. The van der Waals surface area contributed by atoms with Gasteiger partial charge in [0.25, 0.3) is 0 Å². The zero-order valence-corrected chi connectivity index (χ0v) is 6.50. The lowest BCUT2D eigenvalue weighted by Crippen LogP contribution is -2.25. The molecule has 4 heteroatoms. The van der Waals surface area contributed by atoms with Crippen molar-refractivity contribution in [2.24, 2.45) is 7.05 Å². The maximum atomic E-state index is 4.12. The van der Waals surface area contributed by atoms with E-state index in [1.807, 2.05) is 24.9 Å². The maximum Gasteiger partial charge on any atom is 0.304 e. The second-order valence-corrected chi connectivity index (χ2v) is 2.54. The van der Waals surface area contributed by atoms with Crippen LogP contribution in [0.4, 0.5) is 0 Å². The van der Waals surface area contributed by atoms with Crippen LogP contribution >= 0.6 is 0 Å². The smallest absolute Gasteiger partial charge is 0.272 e. The van der Waals surface area contributed by atoms with Crippen molar-refractivity contribution in [2.75, 3.05) is 0 Å². The minimum absolute atomic E-state index is 0.942. The molecule has 11 heavy (non-hydrogen) atoms. The Hall–Kier alpha value is -1.45. The third-order valence-electron chi connectivity index (χ3n) is 1.75. The third kappa shape index (κ3) is 0.790. The van der Waals surface area contributed by atoms with Gasteiger partial charge in [-0.05, 0) is 6.92 Å². The minimum Gasteiger partial charge on any atom is -0.272 e. The molecular formula is C7H9N4+. The fourth-order valence-electron chi connectivity index (χ4n) is 1.12. The zero-order chi connectivity index (χ0) is 7.84. The van der Waals surface area contributed by atoms with Crippen molar-refractivity contribution in [1.82, 2.24) is 15.0 Å². The van der Waals surface area contributed by atoms with E-state index < -0.39 is 0 Å². The molecule has 0 aliphatic carbocycles. The summed E-state index contributed by atoms with van der Waals surface area (Å²) in [7, 11) is 1.95. The molecule has 0 spiro atoms. The molecule has 2 rings (SSSR count). The molecule has 0 radical (unpaired) electrons. The molecule has 1 N–H and O–H groups in total. The highest BCUT2D eigenvalue weighted by molar-refractivity contribution is 5.68. The predicted octanol–water partition coefficient (Wildman–Crippen LogP) is 0.0908. The summed E-state index contributed by atoms with van der Waals surface area (Å²) >= 11 is 0. The van der Waals surface area contributed by atoms with Gasteiger partial charge in [0.05, 0.1) is 12.7 Å². The number of nitrogens with zero attached hydrogens (tertiary/aromatic N) is 3. The fraction of sp³-hybridized carbons (Fsp3) is 0.286. The molecule has 0 saturated carbocycles. The molecule has 4 nitrogen and oxygen atoms in total. The van der Waals surface area contributed by atoms with Gasteiger partial charge in [0.1, 0.15) is 0 Å². The maximum absolute atomic E-state index is 4.12. The highest BCUT2D eigenvalue weighted by atomic mass is 15.1. The van der Waals surface area contributed by atoms with E-state index in [2.05, 4.69) is 15.0 Å². The van der Waals surface area contributed by atoms with Gasteiger partial charge in [-0.1, -0.05) is 4.98 Å². The number of aromatic nitrogens is 4. The van der Waals surface area contributed by atoms with Crippen LogP contribution < -0.4 is 4.57 Å². The van der Waals surface area contributed by atoms with E-state index in [0.717, 1.165) is 16.9 Å². The van der Waals surface area contributed by atoms with Crippen molar-refractivity contribution in [3.05, 3.63) is 18.3 Å². The minimum atomic E-state index is 0.942. The SMILES string of the molecule is Cc1ncnc2c1[nH]c[n+]2C. The normalized spacial score (nSPS) is 10.7. The van der Waals surface area contributed by atoms with Crippen molar-refractivity contribution >= 4 is 11.2 Å². The van der Waals surface area contributed by atoms with Gasteiger partial charge in [-0.15, -0.1) is 0 Å². The Bertz CT molecular complexity index is 390. The molecule has 0 aliphatic heterocycles. The molecule has 2 aromatic heterocycles. The van der Waals surface area contributed by atoms with Crippen LogP contribution in [0, 0.1) is 6.92 Å². The van der Waals surface area contributed by atoms with Crippen molar-refractivity contribution in [3.8, 4) is 0 Å². The number of rotatable bonds is 0. The van der Waals surface area contributed by atoms with Crippen molar-refractivity contribution in [2.45, 2.75) is 6.92 Å². The van der Waals surface area contributed by atoms with E-state index in [1.165, 1.54) is 0 Å². The van der Waals surface area contributed by atoms with Gasteiger partial charge in [-0.2, -0.15) is 0 Å². The van der Waals surface area contributed by atoms with Crippen molar-refractivity contribution in [1.29, 1.82) is 0 Å².